The Morgan fingerprint density at radius 2 is 1.88 bits per heavy atom. The van der Waals surface area contributed by atoms with Crippen molar-refractivity contribution < 1.29 is 19.1 Å². The quantitative estimate of drug-likeness (QED) is 0.787. The third-order valence-electron chi connectivity index (χ3n) is 5.26. The van der Waals surface area contributed by atoms with E-state index in [4.69, 9.17) is 4.42 Å². The Balaban J connectivity index is 1.68. The van der Waals surface area contributed by atoms with E-state index < -0.39 is 11.4 Å². The summed E-state index contributed by atoms with van der Waals surface area (Å²) in [5, 5.41) is 13.6. The van der Waals surface area contributed by atoms with Crippen LogP contribution in [0.4, 0.5) is 0 Å². The van der Waals surface area contributed by atoms with E-state index in [2.05, 4.69) is 5.32 Å². The number of benzene rings is 1. The molecule has 1 atom stereocenters. The lowest BCUT2D eigenvalue weighted by molar-refractivity contribution is -0.153. The Labute approximate surface area is 147 Å². The molecule has 2 N–H and O–H groups in total. The van der Waals surface area contributed by atoms with E-state index in [1.54, 1.807) is 0 Å². The number of carbonyl (C=O) groups excluding carboxylic acids is 1. The number of carbonyl (C=O) groups is 2. The summed E-state index contributed by atoms with van der Waals surface area (Å²) in [4.78, 5) is 24.4. The number of carboxylic acids is 1. The van der Waals surface area contributed by atoms with E-state index in [1.807, 2.05) is 37.3 Å². The summed E-state index contributed by atoms with van der Waals surface area (Å²) in [6.45, 7) is 1.86. The van der Waals surface area contributed by atoms with Gasteiger partial charge in [-0.25, -0.2) is 0 Å². The molecule has 1 aromatic carbocycles. The summed E-state index contributed by atoms with van der Waals surface area (Å²) < 4.78 is 5.78. The van der Waals surface area contributed by atoms with Crippen LogP contribution >= 0.6 is 0 Å². The number of nitrogens with one attached hydrogen (secondary N) is 1. The zero-order chi connectivity index (χ0) is 17.9. The summed E-state index contributed by atoms with van der Waals surface area (Å²) >= 11 is 0. The van der Waals surface area contributed by atoms with Gasteiger partial charge in [-0.15, -0.1) is 0 Å². The second-order valence-electron chi connectivity index (χ2n) is 7.15. The second kappa shape index (κ2) is 7.30. The van der Waals surface area contributed by atoms with Gasteiger partial charge in [0.05, 0.1) is 11.5 Å². The van der Waals surface area contributed by atoms with Crippen LogP contribution in [0.3, 0.4) is 0 Å². The van der Waals surface area contributed by atoms with Crippen LogP contribution in [0.1, 0.15) is 63.7 Å². The van der Waals surface area contributed by atoms with Gasteiger partial charge in [-0.2, -0.15) is 0 Å². The van der Waals surface area contributed by atoms with Crippen molar-refractivity contribution in [2.45, 2.75) is 57.9 Å². The fraction of sp³-hybridized carbons (Fsp3) is 0.500. The van der Waals surface area contributed by atoms with Gasteiger partial charge in [0.1, 0.15) is 11.3 Å². The molecular formula is C20H25NO4. The van der Waals surface area contributed by atoms with Crippen LogP contribution in [0, 0.1) is 5.41 Å². The number of aliphatic carboxylic acids is 1. The largest absolute Gasteiger partial charge is 0.481 e. The van der Waals surface area contributed by atoms with Crippen LogP contribution in [0.25, 0.3) is 11.0 Å². The molecule has 1 saturated carbocycles. The SMILES string of the molecule is CC(NC(=O)CC1(C(=O)O)CCCCCC1)c1cc2ccccc2o1. The summed E-state index contributed by atoms with van der Waals surface area (Å²) in [7, 11) is 0. The third-order valence-corrected chi connectivity index (χ3v) is 5.26. The monoisotopic (exact) mass is 343 g/mol. The zero-order valence-electron chi connectivity index (χ0n) is 14.6. The normalized spacial score (nSPS) is 18.4. The highest BCUT2D eigenvalue weighted by atomic mass is 16.4. The maximum atomic E-state index is 12.5. The Hall–Kier alpha value is -2.30. The molecule has 1 fully saturated rings. The molecule has 25 heavy (non-hydrogen) atoms. The van der Waals surface area contributed by atoms with Gasteiger partial charge in [-0.3, -0.25) is 9.59 Å². The topological polar surface area (TPSA) is 79.5 Å². The fourth-order valence-electron chi connectivity index (χ4n) is 3.76. The first-order chi connectivity index (χ1) is 12.0. The van der Waals surface area contributed by atoms with Gasteiger partial charge in [0.15, 0.2) is 0 Å². The Kier molecular flexibility index (Phi) is 5.11. The predicted molar refractivity (Wildman–Crippen MR) is 95.2 cm³/mol. The number of fused-ring (bicyclic) bond motifs is 1. The fourth-order valence-corrected chi connectivity index (χ4v) is 3.76. The summed E-state index contributed by atoms with van der Waals surface area (Å²) in [5.74, 6) is -0.391. The molecule has 5 nitrogen and oxygen atoms in total. The van der Waals surface area contributed by atoms with E-state index in [-0.39, 0.29) is 18.4 Å². The predicted octanol–water partition coefficient (Wildman–Crippen LogP) is 4.43. The molecule has 0 saturated heterocycles. The van der Waals surface area contributed by atoms with Crippen molar-refractivity contribution in [3.8, 4) is 0 Å². The zero-order valence-corrected chi connectivity index (χ0v) is 14.6. The number of furan rings is 1. The van der Waals surface area contributed by atoms with Crippen LogP contribution < -0.4 is 5.32 Å². The molecule has 5 heteroatoms. The molecule has 0 aliphatic heterocycles. The average Bonchev–Trinajstić information content (AvgIpc) is 2.87. The molecule has 0 bridgehead atoms. The Morgan fingerprint density at radius 3 is 2.52 bits per heavy atom. The molecule has 134 valence electrons. The molecular weight excluding hydrogens is 318 g/mol. The molecule has 3 rings (SSSR count). The van der Waals surface area contributed by atoms with E-state index >= 15 is 0 Å². The molecule has 2 aromatic rings. The van der Waals surface area contributed by atoms with Gasteiger partial charge in [0.2, 0.25) is 5.91 Å². The Bertz CT molecular complexity index is 723. The van der Waals surface area contributed by atoms with E-state index in [9.17, 15) is 14.7 Å². The van der Waals surface area contributed by atoms with Crippen molar-refractivity contribution in [2.24, 2.45) is 5.41 Å². The van der Waals surface area contributed by atoms with Gasteiger partial charge >= 0.3 is 5.97 Å². The van der Waals surface area contributed by atoms with Crippen molar-refractivity contribution in [3.63, 3.8) is 0 Å². The second-order valence-corrected chi connectivity index (χ2v) is 7.15. The highest BCUT2D eigenvalue weighted by Crippen LogP contribution is 2.38. The van der Waals surface area contributed by atoms with Gasteiger partial charge in [0, 0.05) is 11.8 Å². The van der Waals surface area contributed by atoms with E-state index in [1.165, 1.54) is 0 Å². The minimum absolute atomic E-state index is 0.0346. The molecule has 0 radical (unpaired) electrons. The minimum atomic E-state index is -0.922. The summed E-state index contributed by atoms with van der Waals surface area (Å²) in [6, 6.07) is 9.31. The average molecular weight is 343 g/mol. The number of rotatable bonds is 5. The van der Waals surface area contributed by atoms with Crippen molar-refractivity contribution in [3.05, 3.63) is 36.1 Å². The third kappa shape index (κ3) is 3.86. The molecule has 1 amide bonds. The number of amides is 1. The Morgan fingerprint density at radius 1 is 1.20 bits per heavy atom. The van der Waals surface area contributed by atoms with Gasteiger partial charge in [-0.05, 0) is 31.9 Å². The van der Waals surface area contributed by atoms with Crippen LogP contribution in [0.5, 0.6) is 0 Å². The molecule has 1 aliphatic carbocycles. The van der Waals surface area contributed by atoms with E-state index in [0.717, 1.165) is 36.7 Å². The molecule has 1 unspecified atom stereocenters. The lowest BCUT2D eigenvalue weighted by Crippen LogP contribution is -2.38. The number of hydrogen-bond donors (Lipinski definition) is 2. The minimum Gasteiger partial charge on any atom is -0.481 e. The molecule has 1 heterocycles. The summed E-state index contributed by atoms with van der Waals surface area (Å²) in [5.41, 5.74) is -0.141. The van der Waals surface area contributed by atoms with E-state index in [0.29, 0.717) is 18.6 Å². The first-order valence-corrected chi connectivity index (χ1v) is 9.01. The van der Waals surface area contributed by atoms with Crippen LogP contribution in [0.15, 0.2) is 34.7 Å². The van der Waals surface area contributed by atoms with Gasteiger partial charge < -0.3 is 14.8 Å². The first-order valence-electron chi connectivity index (χ1n) is 9.01. The van der Waals surface area contributed by atoms with Gasteiger partial charge in [-0.1, -0.05) is 43.9 Å². The van der Waals surface area contributed by atoms with Crippen molar-refractivity contribution >= 4 is 22.8 Å². The number of para-hydroxylation sites is 1. The van der Waals surface area contributed by atoms with Crippen molar-refractivity contribution in [1.82, 2.24) is 5.32 Å². The summed E-state index contributed by atoms with van der Waals surface area (Å²) in [6.07, 6.45) is 5.03. The smallest absolute Gasteiger partial charge is 0.310 e. The first kappa shape index (κ1) is 17.5. The lowest BCUT2D eigenvalue weighted by atomic mass is 9.77. The number of carboxylic acid groups (broad SMARTS) is 1. The van der Waals surface area contributed by atoms with Crippen LogP contribution in [-0.2, 0) is 9.59 Å². The number of hydrogen-bond acceptors (Lipinski definition) is 3. The highest BCUT2D eigenvalue weighted by Gasteiger charge is 2.40. The van der Waals surface area contributed by atoms with Gasteiger partial charge in [0.25, 0.3) is 0 Å². The van der Waals surface area contributed by atoms with Crippen molar-refractivity contribution in [1.29, 1.82) is 0 Å². The standard InChI is InChI=1S/C20H25NO4/c1-14(17-12-15-8-4-5-9-16(15)25-17)21-18(22)13-20(19(23)24)10-6-2-3-7-11-20/h4-5,8-9,12,14H,2-3,6-7,10-11,13H2,1H3,(H,21,22)(H,23,24). The van der Waals surface area contributed by atoms with Crippen LogP contribution in [-0.4, -0.2) is 17.0 Å². The highest BCUT2D eigenvalue weighted by molar-refractivity contribution is 5.85. The molecule has 0 spiro atoms. The molecule has 1 aromatic heterocycles. The molecule has 1 aliphatic rings. The lowest BCUT2D eigenvalue weighted by Gasteiger charge is -2.27. The van der Waals surface area contributed by atoms with Crippen molar-refractivity contribution in [2.75, 3.05) is 0 Å². The van der Waals surface area contributed by atoms with Crippen LogP contribution in [0.2, 0.25) is 0 Å². The maximum Gasteiger partial charge on any atom is 0.310 e. The maximum absolute atomic E-state index is 12.5.